The summed E-state index contributed by atoms with van der Waals surface area (Å²) in [5, 5.41) is 0. The number of benzene rings is 2. The van der Waals surface area contributed by atoms with Crippen molar-refractivity contribution < 1.29 is 17.9 Å². The third-order valence-electron chi connectivity index (χ3n) is 6.59. The quantitative estimate of drug-likeness (QED) is 0.378. The van der Waals surface area contributed by atoms with Crippen LogP contribution >= 0.6 is 0 Å². The molecule has 164 valence electrons. The van der Waals surface area contributed by atoms with Gasteiger partial charge in [-0.05, 0) is 92.0 Å². The van der Waals surface area contributed by atoms with E-state index in [-0.39, 0.29) is 17.5 Å². The largest absolute Gasteiger partial charge is 0.494 e. The molecule has 0 spiro atoms. The van der Waals surface area contributed by atoms with Crippen molar-refractivity contribution in [1.82, 2.24) is 0 Å². The van der Waals surface area contributed by atoms with E-state index in [4.69, 9.17) is 4.74 Å². The van der Waals surface area contributed by atoms with Gasteiger partial charge in [0.05, 0.1) is 7.11 Å². The molecule has 0 saturated heterocycles. The third kappa shape index (κ3) is 5.59. The topological polar surface area (TPSA) is 9.23 Å². The maximum atomic E-state index is 14.5. The van der Waals surface area contributed by atoms with Crippen LogP contribution in [0.25, 0.3) is 0 Å². The van der Waals surface area contributed by atoms with Crippen LogP contribution in [0.3, 0.4) is 0 Å². The molecule has 0 N–H and O–H groups in total. The van der Waals surface area contributed by atoms with Gasteiger partial charge in [-0.25, -0.2) is 8.78 Å². The molecule has 0 aromatic heterocycles. The minimum Gasteiger partial charge on any atom is -0.494 e. The van der Waals surface area contributed by atoms with Crippen molar-refractivity contribution in [3.8, 4) is 5.75 Å². The van der Waals surface area contributed by atoms with E-state index < -0.39 is 11.6 Å². The van der Waals surface area contributed by atoms with Gasteiger partial charge in [0.1, 0.15) is 5.82 Å². The highest BCUT2D eigenvalue weighted by atomic mass is 19.2. The van der Waals surface area contributed by atoms with Gasteiger partial charge in [0.25, 0.3) is 0 Å². The molecule has 2 aromatic carbocycles. The summed E-state index contributed by atoms with van der Waals surface area (Å²) in [5.41, 5.74) is 2.33. The standard InChI is InChI=1S/C26H33F3O/c1-3-4-5-6-19-10-14-21(23(27)17-19)13-9-18-7-11-20(12-8-18)22-15-16-24(30-2)26(29)25(22)28/h10,14-18,20H,3-9,11-13H2,1-2H3. The Kier molecular flexibility index (Phi) is 8.24. The van der Waals surface area contributed by atoms with Gasteiger partial charge in [0, 0.05) is 0 Å². The molecule has 1 saturated carbocycles. The van der Waals surface area contributed by atoms with Crippen molar-refractivity contribution in [3.05, 3.63) is 64.5 Å². The Morgan fingerprint density at radius 1 is 0.900 bits per heavy atom. The predicted molar refractivity (Wildman–Crippen MR) is 116 cm³/mol. The molecule has 0 bridgehead atoms. The van der Waals surface area contributed by atoms with Crippen molar-refractivity contribution in [2.24, 2.45) is 5.92 Å². The fourth-order valence-electron chi connectivity index (χ4n) is 4.67. The van der Waals surface area contributed by atoms with Gasteiger partial charge in [-0.1, -0.05) is 38.0 Å². The molecule has 0 unspecified atom stereocenters. The van der Waals surface area contributed by atoms with E-state index >= 15 is 0 Å². The number of ether oxygens (including phenoxy) is 1. The Bertz CT molecular complexity index is 825. The van der Waals surface area contributed by atoms with Crippen LogP contribution in [-0.4, -0.2) is 7.11 Å². The predicted octanol–water partition coefficient (Wildman–Crippen LogP) is 7.75. The summed E-state index contributed by atoms with van der Waals surface area (Å²) in [6, 6.07) is 8.86. The summed E-state index contributed by atoms with van der Waals surface area (Å²) >= 11 is 0. The van der Waals surface area contributed by atoms with Crippen LogP contribution in [-0.2, 0) is 12.8 Å². The minimum absolute atomic E-state index is 0.0424. The molecule has 4 heteroatoms. The zero-order valence-electron chi connectivity index (χ0n) is 18.2. The van der Waals surface area contributed by atoms with Crippen LogP contribution in [0, 0.1) is 23.4 Å². The second-order valence-electron chi connectivity index (χ2n) is 8.62. The monoisotopic (exact) mass is 418 g/mol. The van der Waals surface area contributed by atoms with E-state index in [1.807, 2.05) is 6.07 Å². The lowest BCUT2D eigenvalue weighted by Gasteiger charge is -2.29. The first-order valence-electron chi connectivity index (χ1n) is 11.3. The first-order valence-corrected chi connectivity index (χ1v) is 11.3. The van der Waals surface area contributed by atoms with Crippen LogP contribution in [0.5, 0.6) is 5.75 Å². The summed E-state index contributed by atoms with van der Waals surface area (Å²) in [6.07, 6.45) is 9.69. The van der Waals surface area contributed by atoms with Gasteiger partial charge in [0.15, 0.2) is 11.6 Å². The molecular weight excluding hydrogens is 385 g/mol. The number of aryl methyl sites for hydroxylation is 2. The molecule has 30 heavy (non-hydrogen) atoms. The summed E-state index contributed by atoms with van der Waals surface area (Å²) in [7, 11) is 1.34. The first-order chi connectivity index (χ1) is 14.5. The van der Waals surface area contributed by atoms with Crippen molar-refractivity contribution >= 4 is 0 Å². The summed E-state index contributed by atoms with van der Waals surface area (Å²) in [6.45, 7) is 2.17. The lowest BCUT2D eigenvalue weighted by Crippen LogP contribution is -2.15. The van der Waals surface area contributed by atoms with Gasteiger partial charge in [-0.2, -0.15) is 4.39 Å². The number of unbranched alkanes of at least 4 members (excludes halogenated alkanes) is 2. The summed E-state index contributed by atoms with van der Waals surface area (Å²) in [5.74, 6) is -1.27. The highest BCUT2D eigenvalue weighted by Crippen LogP contribution is 2.40. The highest BCUT2D eigenvalue weighted by Gasteiger charge is 2.26. The SMILES string of the molecule is CCCCCc1ccc(CCC2CCC(c3ccc(OC)c(F)c3F)CC2)c(F)c1. The van der Waals surface area contributed by atoms with Gasteiger partial charge < -0.3 is 4.74 Å². The van der Waals surface area contributed by atoms with Crippen molar-refractivity contribution in [2.75, 3.05) is 7.11 Å². The van der Waals surface area contributed by atoms with E-state index in [1.165, 1.54) is 26.0 Å². The highest BCUT2D eigenvalue weighted by molar-refractivity contribution is 5.33. The molecule has 0 aliphatic heterocycles. The van der Waals surface area contributed by atoms with E-state index in [9.17, 15) is 13.2 Å². The van der Waals surface area contributed by atoms with Crippen molar-refractivity contribution in [3.63, 3.8) is 0 Å². The van der Waals surface area contributed by atoms with Crippen molar-refractivity contribution in [1.29, 1.82) is 0 Å². The average Bonchev–Trinajstić information content (AvgIpc) is 2.76. The molecule has 1 aliphatic rings. The zero-order valence-corrected chi connectivity index (χ0v) is 18.2. The Balaban J connectivity index is 1.50. The fourth-order valence-corrected chi connectivity index (χ4v) is 4.67. The summed E-state index contributed by atoms with van der Waals surface area (Å²) < 4.78 is 47.7. The Morgan fingerprint density at radius 3 is 2.33 bits per heavy atom. The fraction of sp³-hybridized carbons (Fsp3) is 0.538. The Morgan fingerprint density at radius 2 is 1.67 bits per heavy atom. The molecular formula is C26H33F3O. The van der Waals surface area contributed by atoms with E-state index in [0.717, 1.165) is 62.5 Å². The summed E-state index contributed by atoms with van der Waals surface area (Å²) in [4.78, 5) is 0. The molecule has 2 aromatic rings. The molecule has 3 rings (SSSR count). The van der Waals surface area contributed by atoms with E-state index in [1.54, 1.807) is 12.1 Å². The maximum Gasteiger partial charge on any atom is 0.200 e. The molecule has 0 heterocycles. The lowest BCUT2D eigenvalue weighted by atomic mass is 9.76. The van der Waals surface area contributed by atoms with Crippen LogP contribution in [0.2, 0.25) is 0 Å². The first kappa shape index (κ1) is 22.7. The zero-order chi connectivity index (χ0) is 21.5. The van der Waals surface area contributed by atoms with Gasteiger partial charge in [-0.3, -0.25) is 0 Å². The Hall–Kier alpha value is -1.97. The van der Waals surface area contributed by atoms with Gasteiger partial charge in [-0.15, -0.1) is 0 Å². The molecule has 0 radical (unpaired) electrons. The lowest BCUT2D eigenvalue weighted by molar-refractivity contribution is 0.302. The molecule has 1 fully saturated rings. The van der Waals surface area contributed by atoms with Gasteiger partial charge in [0.2, 0.25) is 5.82 Å². The smallest absolute Gasteiger partial charge is 0.200 e. The average molecular weight is 419 g/mol. The van der Waals surface area contributed by atoms with E-state index in [2.05, 4.69) is 13.0 Å². The second-order valence-corrected chi connectivity index (χ2v) is 8.62. The Labute approximate surface area is 178 Å². The molecule has 1 aliphatic carbocycles. The number of methoxy groups -OCH3 is 1. The van der Waals surface area contributed by atoms with Crippen molar-refractivity contribution in [2.45, 2.75) is 77.0 Å². The maximum absolute atomic E-state index is 14.5. The molecule has 0 amide bonds. The van der Waals surface area contributed by atoms with Crippen LogP contribution in [0.4, 0.5) is 13.2 Å². The molecule has 1 nitrogen and oxygen atoms in total. The third-order valence-corrected chi connectivity index (χ3v) is 6.59. The minimum atomic E-state index is -0.897. The molecule has 0 atom stereocenters. The number of rotatable bonds is 9. The number of hydrogen-bond acceptors (Lipinski definition) is 1. The second kappa shape index (κ2) is 10.9. The van der Waals surface area contributed by atoms with E-state index in [0.29, 0.717) is 11.5 Å². The van der Waals surface area contributed by atoms with Gasteiger partial charge >= 0.3 is 0 Å². The number of hydrogen-bond donors (Lipinski definition) is 0. The van der Waals surface area contributed by atoms with Crippen LogP contribution < -0.4 is 4.74 Å². The van der Waals surface area contributed by atoms with Crippen LogP contribution in [0.15, 0.2) is 30.3 Å². The van der Waals surface area contributed by atoms with Crippen LogP contribution in [0.1, 0.15) is 80.9 Å². The number of halogens is 3. The normalized spacial score (nSPS) is 19.1.